The van der Waals surface area contributed by atoms with Crippen molar-refractivity contribution < 1.29 is 0 Å². The molecule has 0 saturated carbocycles. The van der Waals surface area contributed by atoms with E-state index >= 15 is 0 Å². The van der Waals surface area contributed by atoms with Gasteiger partial charge in [0.2, 0.25) is 9.74 Å². The van der Waals surface area contributed by atoms with Crippen molar-refractivity contribution in [2.75, 3.05) is 5.73 Å². The molecule has 3 nitrogen and oxygen atoms in total. The highest BCUT2D eigenvalue weighted by molar-refractivity contribution is 6.66. The van der Waals surface area contributed by atoms with E-state index in [4.69, 9.17) is 40.5 Å². The molecule has 12 heavy (non-hydrogen) atoms. The van der Waals surface area contributed by atoms with Crippen molar-refractivity contribution in [3.63, 3.8) is 0 Å². The Labute approximate surface area is 84.9 Å². The van der Waals surface area contributed by atoms with Gasteiger partial charge in [0.05, 0.1) is 5.69 Å². The summed E-state index contributed by atoms with van der Waals surface area (Å²) < 4.78 is -1.54. The van der Waals surface area contributed by atoms with E-state index in [1.54, 1.807) is 13.0 Å². The molecule has 2 N–H and O–H groups in total. The molecule has 6 heteroatoms. The summed E-state index contributed by atoms with van der Waals surface area (Å²) in [6.07, 6.45) is 0. The Kier molecular flexibility index (Phi) is 2.66. The third kappa shape index (κ3) is 2.37. The third-order valence-corrected chi connectivity index (χ3v) is 1.74. The fourth-order valence-corrected chi connectivity index (χ4v) is 1.03. The van der Waals surface area contributed by atoms with Crippen LogP contribution in [0.1, 0.15) is 11.4 Å². The summed E-state index contributed by atoms with van der Waals surface area (Å²) in [6, 6.07) is 1.57. The summed E-state index contributed by atoms with van der Waals surface area (Å²) >= 11 is 16.8. The van der Waals surface area contributed by atoms with Crippen LogP contribution < -0.4 is 5.73 Å². The molecular weight excluding hydrogens is 220 g/mol. The molecule has 0 fully saturated rings. The van der Waals surface area contributed by atoms with Crippen LogP contribution in [0.3, 0.4) is 0 Å². The molecule has 0 unspecified atom stereocenters. The Morgan fingerprint density at radius 2 is 1.92 bits per heavy atom. The van der Waals surface area contributed by atoms with Crippen LogP contribution in [-0.4, -0.2) is 9.97 Å². The highest BCUT2D eigenvalue weighted by Crippen LogP contribution is 2.37. The molecule has 0 spiro atoms. The predicted molar refractivity (Wildman–Crippen MR) is 50.4 cm³/mol. The van der Waals surface area contributed by atoms with Crippen molar-refractivity contribution >= 4 is 40.8 Å². The van der Waals surface area contributed by atoms with Crippen LogP contribution in [0.2, 0.25) is 0 Å². The monoisotopic (exact) mass is 225 g/mol. The number of aryl methyl sites for hydroxylation is 1. The van der Waals surface area contributed by atoms with E-state index in [1.807, 2.05) is 0 Å². The van der Waals surface area contributed by atoms with Crippen molar-refractivity contribution in [1.29, 1.82) is 0 Å². The fraction of sp³-hybridized carbons (Fsp3) is 0.333. The number of hydrogen-bond donors (Lipinski definition) is 1. The smallest absolute Gasteiger partial charge is 0.232 e. The summed E-state index contributed by atoms with van der Waals surface area (Å²) in [6.45, 7) is 1.75. The van der Waals surface area contributed by atoms with Crippen LogP contribution in [0.15, 0.2) is 6.07 Å². The maximum atomic E-state index is 5.59. The molecule has 0 aromatic carbocycles. The minimum Gasteiger partial charge on any atom is -0.368 e. The molecule has 0 saturated heterocycles. The number of nitrogens with zero attached hydrogens (tertiary/aromatic N) is 2. The topological polar surface area (TPSA) is 51.8 Å². The molecule has 1 rings (SSSR count). The van der Waals surface area contributed by atoms with E-state index in [0.29, 0.717) is 5.69 Å². The lowest BCUT2D eigenvalue weighted by Crippen LogP contribution is -2.08. The first kappa shape index (κ1) is 9.84. The van der Waals surface area contributed by atoms with Crippen LogP contribution in [0.5, 0.6) is 0 Å². The maximum Gasteiger partial charge on any atom is 0.232 e. The van der Waals surface area contributed by atoms with Crippen LogP contribution in [-0.2, 0) is 3.79 Å². The highest BCUT2D eigenvalue weighted by atomic mass is 35.6. The first-order valence-electron chi connectivity index (χ1n) is 3.08. The largest absolute Gasteiger partial charge is 0.368 e. The van der Waals surface area contributed by atoms with Crippen molar-refractivity contribution in [3.05, 3.63) is 17.5 Å². The molecule has 0 amide bonds. The lowest BCUT2D eigenvalue weighted by molar-refractivity contribution is 1.02. The van der Waals surface area contributed by atoms with E-state index in [9.17, 15) is 0 Å². The molecule has 0 atom stereocenters. The molecule has 1 aromatic rings. The second kappa shape index (κ2) is 3.24. The first-order chi connectivity index (χ1) is 5.39. The van der Waals surface area contributed by atoms with E-state index < -0.39 is 3.79 Å². The number of alkyl halides is 3. The number of nitrogen functional groups attached to an aromatic ring is 1. The van der Waals surface area contributed by atoms with Gasteiger partial charge in [-0.05, 0) is 13.0 Å². The second-order valence-corrected chi connectivity index (χ2v) is 4.53. The van der Waals surface area contributed by atoms with E-state index in [0.717, 1.165) is 0 Å². The quantitative estimate of drug-likeness (QED) is 0.690. The lowest BCUT2D eigenvalue weighted by Gasteiger charge is -2.10. The molecule has 0 aliphatic heterocycles. The van der Waals surface area contributed by atoms with Crippen molar-refractivity contribution in [2.45, 2.75) is 10.7 Å². The average Bonchev–Trinajstić information content (AvgIpc) is 1.82. The standard InChI is InChI=1S/C6H6Cl3N3/c1-3-2-4(6(7,8)9)12-5(10)11-3/h2H,1H3,(H2,10,11,12). The summed E-state index contributed by atoms with van der Waals surface area (Å²) in [5, 5.41) is 0. The van der Waals surface area contributed by atoms with Gasteiger partial charge in [-0.25, -0.2) is 9.97 Å². The number of nitrogens with two attached hydrogens (primary N) is 1. The molecular formula is C6H6Cl3N3. The molecule has 0 bridgehead atoms. The van der Waals surface area contributed by atoms with Gasteiger partial charge in [-0.15, -0.1) is 0 Å². The minimum absolute atomic E-state index is 0.108. The normalized spacial score (nSPS) is 11.7. The summed E-state index contributed by atoms with van der Waals surface area (Å²) in [4.78, 5) is 7.61. The van der Waals surface area contributed by atoms with Crippen LogP contribution in [0.4, 0.5) is 5.95 Å². The molecule has 1 aromatic heterocycles. The SMILES string of the molecule is Cc1cc(C(Cl)(Cl)Cl)nc(N)n1. The Bertz CT molecular complexity index is 274. The van der Waals surface area contributed by atoms with Crippen molar-refractivity contribution in [1.82, 2.24) is 9.97 Å². The van der Waals surface area contributed by atoms with Gasteiger partial charge in [0, 0.05) is 5.69 Å². The summed E-state index contributed by atoms with van der Waals surface area (Å²) in [5.74, 6) is 0.108. The van der Waals surface area contributed by atoms with E-state index in [2.05, 4.69) is 9.97 Å². The zero-order valence-electron chi connectivity index (χ0n) is 6.18. The Hall–Kier alpha value is -0.250. The van der Waals surface area contributed by atoms with Gasteiger partial charge in [-0.3, -0.25) is 0 Å². The summed E-state index contributed by atoms with van der Waals surface area (Å²) in [7, 11) is 0. The Morgan fingerprint density at radius 1 is 1.33 bits per heavy atom. The average molecular weight is 226 g/mol. The molecule has 0 aliphatic rings. The number of halogens is 3. The second-order valence-electron chi connectivity index (χ2n) is 2.25. The van der Waals surface area contributed by atoms with Gasteiger partial charge in [0.25, 0.3) is 0 Å². The molecule has 0 radical (unpaired) electrons. The van der Waals surface area contributed by atoms with Gasteiger partial charge in [-0.2, -0.15) is 0 Å². The Morgan fingerprint density at radius 3 is 2.33 bits per heavy atom. The number of anilines is 1. The zero-order valence-corrected chi connectivity index (χ0v) is 8.45. The number of aromatic nitrogens is 2. The third-order valence-electron chi connectivity index (χ3n) is 1.16. The van der Waals surface area contributed by atoms with Gasteiger partial charge in [-0.1, -0.05) is 34.8 Å². The van der Waals surface area contributed by atoms with Gasteiger partial charge in [0.1, 0.15) is 0 Å². The molecule has 66 valence electrons. The molecule has 1 heterocycles. The van der Waals surface area contributed by atoms with Gasteiger partial charge < -0.3 is 5.73 Å². The first-order valence-corrected chi connectivity index (χ1v) is 4.21. The fourth-order valence-electron chi connectivity index (χ4n) is 0.737. The van der Waals surface area contributed by atoms with Crippen LogP contribution in [0.25, 0.3) is 0 Å². The maximum absolute atomic E-state index is 5.59. The minimum atomic E-state index is -1.54. The summed E-state index contributed by atoms with van der Waals surface area (Å²) in [5.41, 5.74) is 6.32. The number of hydrogen-bond acceptors (Lipinski definition) is 3. The van der Waals surface area contributed by atoms with Crippen LogP contribution in [0, 0.1) is 6.92 Å². The van der Waals surface area contributed by atoms with Crippen LogP contribution >= 0.6 is 34.8 Å². The van der Waals surface area contributed by atoms with Crippen molar-refractivity contribution in [2.24, 2.45) is 0 Å². The zero-order chi connectivity index (χ0) is 9.35. The van der Waals surface area contributed by atoms with E-state index in [-0.39, 0.29) is 11.6 Å². The Balaban J connectivity index is 3.18. The van der Waals surface area contributed by atoms with Gasteiger partial charge in [0.15, 0.2) is 0 Å². The predicted octanol–water partition coefficient (Wildman–Crippen LogP) is 2.19. The van der Waals surface area contributed by atoms with Crippen molar-refractivity contribution in [3.8, 4) is 0 Å². The van der Waals surface area contributed by atoms with Gasteiger partial charge >= 0.3 is 0 Å². The number of rotatable bonds is 0. The molecule has 0 aliphatic carbocycles. The highest BCUT2D eigenvalue weighted by Gasteiger charge is 2.25. The lowest BCUT2D eigenvalue weighted by atomic mass is 10.3. The van der Waals surface area contributed by atoms with E-state index in [1.165, 1.54) is 0 Å².